The predicted octanol–water partition coefficient (Wildman–Crippen LogP) is 0.378. The molecule has 0 saturated carbocycles. The summed E-state index contributed by atoms with van der Waals surface area (Å²) in [5.41, 5.74) is 0.897. The van der Waals surface area contributed by atoms with Gasteiger partial charge < -0.3 is 14.8 Å². The second-order valence-corrected chi connectivity index (χ2v) is 3.90. The summed E-state index contributed by atoms with van der Waals surface area (Å²) < 4.78 is 2.01. The van der Waals surface area contributed by atoms with Crippen LogP contribution in [0.4, 0.5) is 0 Å². The summed E-state index contributed by atoms with van der Waals surface area (Å²) in [6.45, 7) is 0.820. The fraction of sp³-hybridized carbons (Fsp3) is 0.667. The standard InChI is InChI=1S/C9H13ClN2O2/c10-9-7-5-6(14)1-3-12(7)8(11-9)2-4-13/h6,13-14H,1-5H2. The molecule has 0 spiro atoms. The maximum atomic E-state index is 9.47. The summed E-state index contributed by atoms with van der Waals surface area (Å²) in [4.78, 5) is 4.17. The number of imidazole rings is 1. The van der Waals surface area contributed by atoms with Gasteiger partial charge in [-0.15, -0.1) is 0 Å². The summed E-state index contributed by atoms with van der Waals surface area (Å²) in [6.07, 6.45) is 1.52. The molecule has 0 radical (unpaired) electrons. The second-order valence-electron chi connectivity index (χ2n) is 3.54. The van der Waals surface area contributed by atoms with Gasteiger partial charge in [0, 0.05) is 19.4 Å². The van der Waals surface area contributed by atoms with E-state index in [1.807, 2.05) is 4.57 Å². The van der Waals surface area contributed by atoms with Crippen LogP contribution < -0.4 is 0 Å². The Bertz CT molecular complexity index is 338. The Balaban J connectivity index is 2.33. The van der Waals surface area contributed by atoms with E-state index >= 15 is 0 Å². The number of hydrogen-bond donors (Lipinski definition) is 2. The fourth-order valence-electron chi connectivity index (χ4n) is 1.86. The smallest absolute Gasteiger partial charge is 0.150 e. The molecule has 5 heteroatoms. The van der Waals surface area contributed by atoms with Crippen molar-refractivity contribution < 1.29 is 10.2 Å². The molecule has 1 aromatic heterocycles. The molecule has 0 amide bonds. The third kappa shape index (κ3) is 1.65. The molecule has 2 N–H and O–H groups in total. The van der Waals surface area contributed by atoms with E-state index in [-0.39, 0.29) is 12.7 Å². The zero-order valence-electron chi connectivity index (χ0n) is 7.78. The monoisotopic (exact) mass is 216 g/mol. The van der Waals surface area contributed by atoms with Gasteiger partial charge in [-0.05, 0) is 6.42 Å². The van der Waals surface area contributed by atoms with Crippen molar-refractivity contribution in [2.24, 2.45) is 0 Å². The van der Waals surface area contributed by atoms with Gasteiger partial charge in [-0.2, -0.15) is 0 Å². The van der Waals surface area contributed by atoms with E-state index in [0.29, 0.717) is 18.0 Å². The van der Waals surface area contributed by atoms with Crippen LogP contribution in [0.2, 0.25) is 5.15 Å². The van der Waals surface area contributed by atoms with Crippen molar-refractivity contribution in [1.29, 1.82) is 0 Å². The first-order valence-corrected chi connectivity index (χ1v) is 5.13. The molecule has 1 unspecified atom stereocenters. The van der Waals surface area contributed by atoms with Gasteiger partial charge >= 0.3 is 0 Å². The SMILES string of the molecule is OCCc1nc(Cl)c2n1CCC(O)C2. The Morgan fingerprint density at radius 2 is 2.36 bits per heavy atom. The molecule has 1 aromatic rings. The normalized spacial score (nSPS) is 20.9. The molecule has 1 aliphatic rings. The fourth-order valence-corrected chi connectivity index (χ4v) is 2.13. The van der Waals surface area contributed by atoms with Crippen LogP contribution in [0.3, 0.4) is 0 Å². The van der Waals surface area contributed by atoms with Crippen molar-refractivity contribution in [3.8, 4) is 0 Å². The molecule has 1 aliphatic heterocycles. The maximum absolute atomic E-state index is 9.47. The quantitative estimate of drug-likeness (QED) is 0.752. The number of halogens is 1. The van der Waals surface area contributed by atoms with E-state index in [0.717, 1.165) is 24.5 Å². The van der Waals surface area contributed by atoms with Crippen LogP contribution in [-0.4, -0.2) is 32.5 Å². The van der Waals surface area contributed by atoms with E-state index in [1.165, 1.54) is 0 Å². The average molecular weight is 217 g/mol. The molecule has 14 heavy (non-hydrogen) atoms. The first kappa shape index (κ1) is 9.96. The Labute approximate surface area is 87.1 Å². The third-order valence-corrected chi connectivity index (χ3v) is 2.86. The Morgan fingerprint density at radius 1 is 1.57 bits per heavy atom. The van der Waals surface area contributed by atoms with Gasteiger partial charge in [0.05, 0.1) is 18.4 Å². The molecule has 1 atom stereocenters. The van der Waals surface area contributed by atoms with Gasteiger partial charge in [-0.1, -0.05) is 11.6 Å². The highest BCUT2D eigenvalue weighted by Gasteiger charge is 2.22. The summed E-state index contributed by atoms with van der Waals surface area (Å²) in [6, 6.07) is 0. The number of rotatable bonds is 2. The third-order valence-electron chi connectivity index (χ3n) is 2.55. The molecule has 0 aliphatic carbocycles. The summed E-state index contributed by atoms with van der Waals surface area (Å²) in [7, 11) is 0. The van der Waals surface area contributed by atoms with E-state index in [2.05, 4.69) is 4.98 Å². The Morgan fingerprint density at radius 3 is 3.07 bits per heavy atom. The highest BCUT2D eigenvalue weighted by Crippen LogP contribution is 2.24. The van der Waals surface area contributed by atoms with E-state index in [1.54, 1.807) is 0 Å². The van der Waals surface area contributed by atoms with Gasteiger partial charge in [-0.25, -0.2) is 4.98 Å². The zero-order valence-corrected chi connectivity index (χ0v) is 8.54. The molecule has 2 rings (SSSR count). The highest BCUT2D eigenvalue weighted by atomic mass is 35.5. The lowest BCUT2D eigenvalue weighted by atomic mass is 10.1. The molecular formula is C9H13ClN2O2. The van der Waals surface area contributed by atoms with Crippen LogP contribution in [0.1, 0.15) is 17.9 Å². The molecule has 4 nitrogen and oxygen atoms in total. The summed E-state index contributed by atoms with van der Waals surface area (Å²) in [5.74, 6) is 0.819. The van der Waals surface area contributed by atoms with Crippen molar-refractivity contribution in [3.05, 3.63) is 16.7 Å². The van der Waals surface area contributed by atoms with E-state index in [4.69, 9.17) is 16.7 Å². The van der Waals surface area contributed by atoms with Gasteiger partial charge in [-0.3, -0.25) is 0 Å². The largest absolute Gasteiger partial charge is 0.396 e. The minimum absolute atomic E-state index is 0.0787. The second kappa shape index (κ2) is 3.88. The van der Waals surface area contributed by atoms with Crippen molar-refractivity contribution in [1.82, 2.24) is 9.55 Å². The highest BCUT2D eigenvalue weighted by molar-refractivity contribution is 6.30. The molecular weight excluding hydrogens is 204 g/mol. The number of fused-ring (bicyclic) bond motifs is 1. The average Bonchev–Trinajstić information content (AvgIpc) is 2.44. The molecule has 0 saturated heterocycles. The topological polar surface area (TPSA) is 58.3 Å². The first-order chi connectivity index (χ1) is 6.72. The molecule has 78 valence electrons. The number of aliphatic hydroxyl groups is 2. The number of hydrogen-bond acceptors (Lipinski definition) is 3. The van der Waals surface area contributed by atoms with Crippen LogP contribution in [0.15, 0.2) is 0 Å². The van der Waals surface area contributed by atoms with E-state index in [9.17, 15) is 5.11 Å². The first-order valence-electron chi connectivity index (χ1n) is 4.75. The lowest BCUT2D eigenvalue weighted by Crippen LogP contribution is -2.24. The molecule has 0 aromatic carbocycles. The zero-order chi connectivity index (χ0) is 10.1. The molecule has 0 bridgehead atoms. The summed E-state index contributed by atoms with van der Waals surface area (Å²) in [5, 5.41) is 18.8. The lowest BCUT2D eigenvalue weighted by molar-refractivity contribution is 0.142. The van der Waals surface area contributed by atoms with Crippen LogP contribution in [-0.2, 0) is 19.4 Å². The summed E-state index contributed by atoms with van der Waals surface area (Å²) >= 11 is 5.94. The minimum Gasteiger partial charge on any atom is -0.396 e. The van der Waals surface area contributed by atoms with Crippen LogP contribution >= 0.6 is 11.6 Å². The number of aromatic nitrogens is 2. The van der Waals surface area contributed by atoms with Crippen molar-refractivity contribution in [2.75, 3.05) is 6.61 Å². The van der Waals surface area contributed by atoms with Crippen molar-refractivity contribution in [2.45, 2.75) is 31.9 Å². The van der Waals surface area contributed by atoms with Crippen molar-refractivity contribution in [3.63, 3.8) is 0 Å². The van der Waals surface area contributed by atoms with E-state index < -0.39 is 0 Å². The lowest BCUT2D eigenvalue weighted by Gasteiger charge is -2.21. The molecule has 0 fully saturated rings. The van der Waals surface area contributed by atoms with Gasteiger partial charge in [0.15, 0.2) is 5.15 Å². The van der Waals surface area contributed by atoms with Gasteiger partial charge in [0.25, 0.3) is 0 Å². The van der Waals surface area contributed by atoms with Crippen LogP contribution in [0.25, 0.3) is 0 Å². The Hall–Kier alpha value is -0.580. The van der Waals surface area contributed by atoms with Gasteiger partial charge in [0.1, 0.15) is 5.82 Å². The predicted molar refractivity (Wildman–Crippen MR) is 52.4 cm³/mol. The van der Waals surface area contributed by atoms with Crippen molar-refractivity contribution >= 4 is 11.6 Å². The Kier molecular flexibility index (Phi) is 2.76. The number of aliphatic hydroxyl groups excluding tert-OH is 2. The van der Waals surface area contributed by atoms with Crippen LogP contribution in [0, 0.1) is 0 Å². The number of nitrogens with zero attached hydrogens (tertiary/aromatic N) is 2. The maximum Gasteiger partial charge on any atom is 0.150 e. The van der Waals surface area contributed by atoms with Crippen LogP contribution in [0.5, 0.6) is 0 Å². The van der Waals surface area contributed by atoms with Gasteiger partial charge in [0.2, 0.25) is 0 Å². The molecule has 2 heterocycles. The minimum atomic E-state index is -0.307.